The molecule has 1 aliphatic rings. The van der Waals surface area contributed by atoms with Crippen molar-refractivity contribution < 1.29 is 9.84 Å². The lowest BCUT2D eigenvalue weighted by Gasteiger charge is -2.07. The van der Waals surface area contributed by atoms with Gasteiger partial charge in [-0.1, -0.05) is 0 Å². The standard InChI is InChI=1S/C9H18O2S/c10-5-8-12-7-2-4-9-3-1-6-11-9/h9-10H,1-8H2. The number of aliphatic hydroxyl groups excluding tert-OH is 1. The molecule has 0 bridgehead atoms. The number of aliphatic hydroxyl groups is 1. The van der Waals surface area contributed by atoms with Crippen molar-refractivity contribution in [2.75, 3.05) is 24.7 Å². The lowest BCUT2D eigenvalue weighted by atomic mass is 10.1. The van der Waals surface area contributed by atoms with E-state index in [2.05, 4.69) is 0 Å². The van der Waals surface area contributed by atoms with Crippen molar-refractivity contribution in [2.24, 2.45) is 0 Å². The topological polar surface area (TPSA) is 29.5 Å². The Morgan fingerprint density at radius 2 is 2.33 bits per heavy atom. The summed E-state index contributed by atoms with van der Waals surface area (Å²) < 4.78 is 5.50. The Kier molecular flexibility index (Phi) is 5.82. The Morgan fingerprint density at radius 3 is 3.00 bits per heavy atom. The summed E-state index contributed by atoms with van der Waals surface area (Å²) >= 11 is 1.83. The van der Waals surface area contributed by atoms with Gasteiger partial charge in [0.15, 0.2) is 0 Å². The minimum Gasteiger partial charge on any atom is -0.396 e. The number of rotatable bonds is 6. The second kappa shape index (κ2) is 6.75. The summed E-state index contributed by atoms with van der Waals surface area (Å²) in [7, 11) is 0. The molecular formula is C9H18O2S. The van der Waals surface area contributed by atoms with E-state index in [1.165, 1.54) is 31.4 Å². The highest BCUT2D eigenvalue weighted by Gasteiger charge is 2.14. The van der Waals surface area contributed by atoms with Crippen LogP contribution >= 0.6 is 11.8 Å². The van der Waals surface area contributed by atoms with Crippen LogP contribution in [0, 0.1) is 0 Å². The second-order valence-corrected chi connectivity index (χ2v) is 4.34. The van der Waals surface area contributed by atoms with E-state index in [1.807, 2.05) is 11.8 Å². The molecule has 0 amide bonds. The van der Waals surface area contributed by atoms with E-state index in [0.29, 0.717) is 12.7 Å². The van der Waals surface area contributed by atoms with E-state index < -0.39 is 0 Å². The van der Waals surface area contributed by atoms with Gasteiger partial charge >= 0.3 is 0 Å². The van der Waals surface area contributed by atoms with Gasteiger partial charge in [-0.15, -0.1) is 0 Å². The van der Waals surface area contributed by atoms with Gasteiger partial charge in [0.05, 0.1) is 12.7 Å². The highest BCUT2D eigenvalue weighted by Crippen LogP contribution is 2.17. The first-order chi connectivity index (χ1) is 5.93. The van der Waals surface area contributed by atoms with Crippen LogP contribution in [0.5, 0.6) is 0 Å². The maximum atomic E-state index is 8.53. The summed E-state index contributed by atoms with van der Waals surface area (Å²) in [6, 6.07) is 0. The van der Waals surface area contributed by atoms with Crippen molar-refractivity contribution in [1.82, 2.24) is 0 Å². The molecule has 1 heterocycles. The first kappa shape index (κ1) is 10.4. The van der Waals surface area contributed by atoms with Crippen LogP contribution in [0.25, 0.3) is 0 Å². The lowest BCUT2D eigenvalue weighted by Crippen LogP contribution is -2.04. The molecule has 2 nitrogen and oxygen atoms in total. The molecule has 1 N–H and O–H groups in total. The normalized spacial score (nSPS) is 23.2. The highest BCUT2D eigenvalue weighted by atomic mass is 32.2. The van der Waals surface area contributed by atoms with Crippen LogP contribution in [0.15, 0.2) is 0 Å². The number of hydrogen-bond acceptors (Lipinski definition) is 3. The van der Waals surface area contributed by atoms with Crippen molar-refractivity contribution in [3.8, 4) is 0 Å². The summed E-state index contributed by atoms with van der Waals surface area (Å²) in [4.78, 5) is 0. The Balaban J connectivity index is 1.81. The number of thioether (sulfide) groups is 1. The van der Waals surface area contributed by atoms with Gasteiger partial charge in [-0.3, -0.25) is 0 Å². The van der Waals surface area contributed by atoms with E-state index in [0.717, 1.165) is 12.4 Å². The van der Waals surface area contributed by atoms with Gasteiger partial charge in [-0.25, -0.2) is 0 Å². The zero-order valence-corrected chi connectivity index (χ0v) is 8.31. The predicted molar refractivity (Wildman–Crippen MR) is 52.6 cm³/mol. The van der Waals surface area contributed by atoms with Crippen LogP contribution in [0.1, 0.15) is 25.7 Å². The van der Waals surface area contributed by atoms with E-state index in [-0.39, 0.29) is 0 Å². The molecule has 3 heteroatoms. The van der Waals surface area contributed by atoms with Gasteiger partial charge in [-0.05, 0) is 31.4 Å². The smallest absolute Gasteiger partial charge is 0.0576 e. The van der Waals surface area contributed by atoms with Crippen molar-refractivity contribution in [3.63, 3.8) is 0 Å². The molecule has 1 saturated heterocycles. The number of ether oxygens (including phenoxy) is 1. The van der Waals surface area contributed by atoms with E-state index in [4.69, 9.17) is 9.84 Å². The minimum absolute atomic E-state index is 0.310. The molecule has 1 unspecified atom stereocenters. The average molecular weight is 190 g/mol. The summed E-state index contributed by atoms with van der Waals surface area (Å²) in [6.45, 7) is 1.28. The van der Waals surface area contributed by atoms with Gasteiger partial charge in [0.1, 0.15) is 0 Å². The predicted octanol–water partition coefficient (Wildman–Crippen LogP) is 1.67. The molecule has 12 heavy (non-hydrogen) atoms. The Morgan fingerprint density at radius 1 is 1.42 bits per heavy atom. The summed E-state index contributed by atoms with van der Waals surface area (Å²) in [5.41, 5.74) is 0. The van der Waals surface area contributed by atoms with Crippen LogP contribution in [0.4, 0.5) is 0 Å². The molecule has 1 rings (SSSR count). The molecule has 1 atom stereocenters. The van der Waals surface area contributed by atoms with Crippen molar-refractivity contribution in [1.29, 1.82) is 0 Å². The maximum absolute atomic E-state index is 8.53. The summed E-state index contributed by atoms with van der Waals surface area (Å²) in [5.74, 6) is 2.05. The van der Waals surface area contributed by atoms with Crippen LogP contribution in [0.3, 0.4) is 0 Å². The molecular weight excluding hydrogens is 172 g/mol. The molecule has 0 aromatic heterocycles. The fourth-order valence-corrected chi connectivity index (χ4v) is 2.16. The molecule has 0 spiro atoms. The third-order valence-corrected chi connectivity index (χ3v) is 3.12. The first-order valence-corrected chi connectivity index (χ1v) is 5.89. The van der Waals surface area contributed by atoms with Crippen LogP contribution < -0.4 is 0 Å². The van der Waals surface area contributed by atoms with Crippen LogP contribution in [-0.2, 0) is 4.74 Å². The largest absolute Gasteiger partial charge is 0.396 e. The zero-order valence-electron chi connectivity index (χ0n) is 7.50. The summed E-state index contributed by atoms with van der Waals surface area (Å²) in [5, 5.41) is 8.53. The Labute approximate surface area is 78.7 Å². The first-order valence-electron chi connectivity index (χ1n) is 4.73. The summed E-state index contributed by atoms with van der Waals surface area (Å²) in [6.07, 6.45) is 5.48. The highest BCUT2D eigenvalue weighted by molar-refractivity contribution is 7.99. The van der Waals surface area contributed by atoms with E-state index in [1.54, 1.807) is 0 Å². The molecule has 0 aliphatic carbocycles. The van der Waals surface area contributed by atoms with Crippen molar-refractivity contribution in [3.05, 3.63) is 0 Å². The van der Waals surface area contributed by atoms with Crippen molar-refractivity contribution >= 4 is 11.8 Å². The molecule has 0 aromatic rings. The monoisotopic (exact) mass is 190 g/mol. The van der Waals surface area contributed by atoms with Gasteiger partial charge in [0.25, 0.3) is 0 Å². The average Bonchev–Trinajstić information content (AvgIpc) is 2.57. The quantitative estimate of drug-likeness (QED) is 0.646. The zero-order chi connectivity index (χ0) is 8.65. The lowest BCUT2D eigenvalue weighted by molar-refractivity contribution is 0.104. The second-order valence-electron chi connectivity index (χ2n) is 3.11. The Bertz CT molecular complexity index is 103. The molecule has 72 valence electrons. The van der Waals surface area contributed by atoms with Crippen LogP contribution in [0.2, 0.25) is 0 Å². The van der Waals surface area contributed by atoms with Gasteiger partial charge in [0.2, 0.25) is 0 Å². The van der Waals surface area contributed by atoms with Crippen LogP contribution in [-0.4, -0.2) is 35.9 Å². The SMILES string of the molecule is OCCSCCCC1CCCO1. The van der Waals surface area contributed by atoms with Gasteiger partial charge in [0, 0.05) is 12.4 Å². The maximum Gasteiger partial charge on any atom is 0.0576 e. The van der Waals surface area contributed by atoms with Gasteiger partial charge in [-0.2, -0.15) is 11.8 Å². The third kappa shape index (κ3) is 4.33. The molecule has 1 fully saturated rings. The van der Waals surface area contributed by atoms with Crippen molar-refractivity contribution in [2.45, 2.75) is 31.8 Å². The molecule has 0 aromatic carbocycles. The Hall–Kier alpha value is 0.270. The fraction of sp³-hybridized carbons (Fsp3) is 1.00. The number of hydrogen-bond donors (Lipinski definition) is 1. The van der Waals surface area contributed by atoms with Gasteiger partial charge < -0.3 is 9.84 Å². The molecule has 0 saturated carbocycles. The van der Waals surface area contributed by atoms with E-state index in [9.17, 15) is 0 Å². The molecule has 0 radical (unpaired) electrons. The fourth-order valence-electron chi connectivity index (χ4n) is 1.45. The minimum atomic E-state index is 0.310. The molecule has 1 aliphatic heterocycles. The van der Waals surface area contributed by atoms with E-state index >= 15 is 0 Å². The third-order valence-electron chi connectivity index (χ3n) is 2.07.